The summed E-state index contributed by atoms with van der Waals surface area (Å²) in [5, 5.41) is 4.74. The molecule has 0 unspecified atom stereocenters. The minimum absolute atomic E-state index is 0.663. The third-order valence-electron chi connectivity index (χ3n) is 2.80. The van der Waals surface area contributed by atoms with Crippen LogP contribution in [-0.4, -0.2) is 16.7 Å². The fraction of sp³-hybridized carbons (Fsp3) is 0.429. The van der Waals surface area contributed by atoms with Crippen molar-refractivity contribution in [1.82, 2.24) is 10.1 Å². The summed E-state index contributed by atoms with van der Waals surface area (Å²) >= 11 is 7.71. The van der Waals surface area contributed by atoms with Crippen molar-refractivity contribution in [2.75, 3.05) is 6.54 Å². The molecule has 108 valence electrons. The summed E-state index contributed by atoms with van der Waals surface area (Å²) in [7, 11) is 0. The summed E-state index contributed by atoms with van der Waals surface area (Å²) in [5.74, 6) is 2.08. The van der Waals surface area contributed by atoms with Gasteiger partial charge < -0.3 is 10.3 Å². The second kappa shape index (κ2) is 8.29. The number of aryl methyl sites for hydroxylation is 1. The third-order valence-corrected chi connectivity index (χ3v) is 4.31. The molecule has 6 heteroatoms. The van der Waals surface area contributed by atoms with Gasteiger partial charge in [-0.15, -0.1) is 11.8 Å². The zero-order chi connectivity index (χ0) is 14.2. The Morgan fingerprint density at radius 1 is 1.20 bits per heavy atom. The summed E-state index contributed by atoms with van der Waals surface area (Å²) in [5.41, 5.74) is 5.45. The van der Waals surface area contributed by atoms with Crippen LogP contribution in [0.25, 0.3) is 0 Å². The molecule has 0 aliphatic carbocycles. The Morgan fingerprint density at radius 2 is 2.05 bits per heavy atom. The first-order chi connectivity index (χ1) is 9.79. The van der Waals surface area contributed by atoms with Crippen molar-refractivity contribution in [1.29, 1.82) is 0 Å². The van der Waals surface area contributed by atoms with E-state index < -0.39 is 0 Å². The summed E-state index contributed by atoms with van der Waals surface area (Å²) in [6.45, 7) is 0.740. The van der Waals surface area contributed by atoms with Gasteiger partial charge in [0.15, 0.2) is 5.82 Å². The van der Waals surface area contributed by atoms with Crippen LogP contribution in [0.1, 0.15) is 31.0 Å². The number of unbranched alkanes of at least 4 members (excludes halogenated alkanes) is 2. The molecule has 0 saturated carbocycles. The summed E-state index contributed by atoms with van der Waals surface area (Å²) in [4.78, 5) is 5.41. The molecule has 0 atom stereocenters. The van der Waals surface area contributed by atoms with Gasteiger partial charge in [0.1, 0.15) is 0 Å². The second-order valence-corrected chi connectivity index (χ2v) is 5.85. The first-order valence-electron chi connectivity index (χ1n) is 6.68. The maximum Gasteiger partial charge on any atom is 0.226 e. The molecule has 2 N–H and O–H groups in total. The summed E-state index contributed by atoms with van der Waals surface area (Å²) in [6.07, 6.45) is 4.01. The predicted octanol–water partition coefficient (Wildman–Crippen LogP) is 3.69. The minimum Gasteiger partial charge on any atom is -0.339 e. The molecule has 0 spiro atoms. The van der Waals surface area contributed by atoms with Crippen LogP contribution in [-0.2, 0) is 12.2 Å². The quantitative estimate of drug-likeness (QED) is 0.595. The van der Waals surface area contributed by atoms with Crippen molar-refractivity contribution in [2.24, 2.45) is 5.73 Å². The highest BCUT2D eigenvalue weighted by Gasteiger charge is 2.07. The van der Waals surface area contributed by atoms with Crippen molar-refractivity contribution in [2.45, 2.75) is 36.3 Å². The van der Waals surface area contributed by atoms with Crippen LogP contribution in [0, 0.1) is 0 Å². The van der Waals surface area contributed by atoms with E-state index in [0.29, 0.717) is 17.5 Å². The van der Waals surface area contributed by atoms with Crippen LogP contribution >= 0.6 is 23.4 Å². The molecule has 0 radical (unpaired) electrons. The normalized spacial score (nSPS) is 10.9. The van der Waals surface area contributed by atoms with Crippen LogP contribution in [0.4, 0.5) is 0 Å². The van der Waals surface area contributed by atoms with E-state index in [-0.39, 0.29) is 0 Å². The first kappa shape index (κ1) is 15.4. The van der Waals surface area contributed by atoms with Crippen LogP contribution in [0.2, 0.25) is 5.02 Å². The number of hydrogen-bond acceptors (Lipinski definition) is 5. The van der Waals surface area contributed by atoms with E-state index in [1.165, 1.54) is 0 Å². The molecule has 1 aromatic heterocycles. The number of aromatic nitrogens is 2. The van der Waals surface area contributed by atoms with Gasteiger partial charge in [0.05, 0.1) is 10.8 Å². The molecule has 0 saturated heterocycles. The number of halogens is 1. The molecular formula is C14H18ClN3OS. The molecule has 0 fully saturated rings. The second-order valence-electron chi connectivity index (χ2n) is 4.42. The third kappa shape index (κ3) is 4.81. The Morgan fingerprint density at radius 3 is 2.85 bits per heavy atom. The van der Waals surface area contributed by atoms with E-state index in [4.69, 9.17) is 21.9 Å². The van der Waals surface area contributed by atoms with Crippen molar-refractivity contribution < 1.29 is 4.52 Å². The monoisotopic (exact) mass is 311 g/mol. The molecule has 4 nitrogen and oxygen atoms in total. The van der Waals surface area contributed by atoms with Crippen molar-refractivity contribution >= 4 is 23.4 Å². The maximum atomic E-state index is 6.10. The minimum atomic E-state index is 0.663. The van der Waals surface area contributed by atoms with Gasteiger partial charge in [-0.2, -0.15) is 4.98 Å². The number of thioether (sulfide) groups is 1. The zero-order valence-electron chi connectivity index (χ0n) is 11.2. The van der Waals surface area contributed by atoms with E-state index in [1.807, 2.05) is 24.3 Å². The number of hydrogen-bond donors (Lipinski definition) is 1. The van der Waals surface area contributed by atoms with Gasteiger partial charge in [0.2, 0.25) is 5.89 Å². The molecule has 1 aromatic carbocycles. The average Bonchev–Trinajstić information content (AvgIpc) is 2.91. The van der Waals surface area contributed by atoms with E-state index in [2.05, 4.69) is 10.1 Å². The van der Waals surface area contributed by atoms with E-state index in [1.54, 1.807) is 11.8 Å². The molecule has 2 aromatic rings. The first-order valence-corrected chi connectivity index (χ1v) is 8.05. The molecule has 1 heterocycles. The van der Waals surface area contributed by atoms with E-state index in [9.17, 15) is 0 Å². The van der Waals surface area contributed by atoms with Gasteiger partial charge >= 0.3 is 0 Å². The maximum absolute atomic E-state index is 6.10. The predicted molar refractivity (Wildman–Crippen MR) is 81.9 cm³/mol. The lowest BCUT2D eigenvalue weighted by Gasteiger charge is -2.00. The topological polar surface area (TPSA) is 64.9 Å². The summed E-state index contributed by atoms with van der Waals surface area (Å²) < 4.78 is 5.22. The van der Waals surface area contributed by atoms with E-state index in [0.717, 1.165) is 42.1 Å². The molecule has 0 amide bonds. The molecule has 0 aliphatic rings. The number of nitrogens with two attached hydrogens (primary N) is 1. The van der Waals surface area contributed by atoms with Crippen LogP contribution in [0.5, 0.6) is 0 Å². The summed E-state index contributed by atoms with van der Waals surface area (Å²) in [6, 6.07) is 7.75. The van der Waals surface area contributed by atoms with Gasteiger partial charge in [-0.1, -0.05) is 35.3 Å². The Bertz CT molecular complexity index is 533. The van der Waals surface area contributed by atoms with Crippen molar-refractivity contribution in [3.8, 4) is 0 Å². The standard InChI is InChI=1S/C14H18ClN3OS/c15-11-6-3-4-7-12(11)20-10-13-17-14(19-18-13)8-2-1-5-9-16/h3-4,6-7H,1-2,5,8-10,16H2. The SMILES string of the molecule is NCCCCCc1nc(CSc2ccccc2Cl)no1. The Labute approximate surface area is 128 Å². The van der Waals surface area contributed by atoms with Gasteiger partial charge in [0.25, 0.3) is 0 Å². The molecule has 0 bridgehead atoms. The van der Waals surface area contributed by atoms with Crippen molar-refractivity contribution in [3.63, 3.8) is 0 Å². The lowest BCUT2D eigenvalue weighted by Crippen LogP contribution is -1.98. The lowest BCUT2D eigenvalue weighted by atomic mass is 10.2. The van der Waals surface area contributed by atoms with Crippen LogP contribution in [0.3, 0.4) is 0 Å². The zero-order valence-corrected chi connectivity index (χ0v) is 12.8. The van der Waals surface area contributed by atoms with Gasteiger partial charge in [-0.05, 0) is 31.5 Å². The van der Waals surface area contributed by atoms with Crippen LogP contribution in [0.15, 0.2) is 33.7 Å². The number of rotatable bonds is 8. The van der Waals surface area contributed by atoms with Crippen molar-refractivity contribution in [3.05, 3.63) is 41.0 Å². The highest BCUT2D eigenvalue weighted by Crippen LogP contribution is 2.28. The number of benzene rings is 1. The Balaban J connectivity index is 1.79. The molecular weight excluding hydrogens is 294 g/mol. The van der Waals surface area contributed by atoms with Gasteiger partial charge in [-0.3, -0.25) is 0 Å². The fourth-order valence-corrected chi connectivity index (χ4v) is 2.83. The molecule has 0 aliphatic heterocycles. The molecule has 20 heavy (non-hydrogen) atoms. The van der Waals surface area contributed by atoms with Crippen LogP contribution < -0.4 is 5.73 Å². The van der Waals surface area contributed by atoms with E-state index >= 15 is 0 Å². The molecule has 2 rings (SSSR count). The highest BCUT2D eigenvalue weighted by molar-refractivity contribution is 7.98. The Hall–Kier alpha value is -1.04. The number of nitrogens with zero attached hydrogens (tertiary/aromatic N) is 2. The largest absolute Gasteiger partial charge is 0.339 e. The van der Waals surface area contributed by atoms with Gasteiger partial charge in [-0.25, -0.2) is 0 Å². The fourth-order valence-electron chi connectivity index (χ4n) is 1.75. The lowest BCUT2D eigenvalue weighted by molar-refractivity contribution is 0.370. The van der Waals surface area contributed by atoms with Gasteiger partial charge in [0, 0.05) is 11.3 Å². The highest BCUT2D eigenvalue weighted by atomic mass is 35.5. The smallest absolute Gasteiger partial charge is 0.226 e. The Kier molecular flexibility index (Phi) is 6.36. The average molecular weight is 312 g/mol.